The number of halogens is 2. The van der Waals surface area contributed by atoms with Crippen LogP contribution in [0.5, 0.6) is 0 Å². The van der Waals surface area contributed by atoms with Crippen molar-refractivity contribution in [2.75, 3.05) is 6.54 Å². The largest absolute Gasteiger partial charge is 0.381 e. The van der Waals surface area contributed by atoms with Gasteiger partial charge in [0.15, 0.2) is 6.10 Å². The van der Waals surface area contributed by atoms with Gasteiger partial charge in [0, 0.05) is 18.0 Å². The van der Waals surface area contributed by atoms with Crippen LogP contribution in [0.2, 0.25) is 0 Å². The number of urea groups is 1. The number of alkyl halides is 2. The predicted octanol–water partition coefficient (Wildman–Crippen LogP) is 2.58. The van der Waals surface area contributed by atoms with Crippen molar-refractivity contribution in [2.45, 2.75) is 120 Å². The second kappa shape index (κ2) is 13.7. The van der Waals surface area contributed by atoms with Crippen molar-refractivity contribution in [3.05, 3.63) is 0 Å². The number of primary amides is 1. The van der Waals surface area contributed by atoms with E-state index < -0.39 is 58.4 Å². The van der Waals surface area contributed by atoms with Crippen molar-refractivity contribution < 1.29 is 24.3 Å². The summed E-state index contributed by atoms with van der Waals surface area (Å²) in [5.41, 5.74) is 4.88. The third-order valence-corrected chi connectivity index (χ3v) is 8.94. The SMILES string of the molecule is CC(C)(C)NC(=O)N[C@H](C(=O)N1CCC(C(Cl)Cl)[C@H]1C(=O)NC(CC1CCC1)C(O)C(N)=O)C1CCCCC1. The van der Waals surface area contributed by atoms with Crippen molar-refractivity contribution in [1.29, 1.82) is 0 Å². The molecule has 0 aromatic carbocycles. The van der Waals surface area contributed by atoms with E-state index in [0.717, 1.165) is 51.4 Å². The number of aliphatic hydroxyl groups excluding tert-OH is 1. The number of nitrogens with zero attached hydrogens (tertiary/aromatic N) is 1. The standard InChI is InChI=1S/C27H45Cl2N5O5/c1-27(2,3)33-26(39)32-19(16-10-5-4-6-11-16)25(38)34-13-12-17(22(28)29)20(34)24(37)31-18(21(35)23(30)36)14-15-8-7-9-15/h15-22,35H,4-14H2,1-3H3,(H2,30,36)(H,31,37)(H2,32,33,39)/t17?,18?,19-,20-,21?/m0/s1. The van der Waals surface area contributed by atoms with Crippen LogP contribution in [-0.4, -0.2) is 74.9 Å². The summed E-state index contributed by atoms with van der Waals surface area (Å²) in [7, 11) is 0. The van der Waals surface area contributed by atoms with Gasteiger partial charge in [-0.25, -0.2) is 4.79 Å². The number of hydrogen-bond acceptors (Lipinski definition) is 5. The highest BCUT2D eigenvalue weighted by molar-refractivity contribution is 6.44. The zero-order valence-corrected chi connectivity index (χ0v) is 24.8. The molecule has 5 atom stereocenters. The minimum Gasteiger partial charge on any atom is -0.381 e. The number of nitrogens with two attached hydrogens (primary N) is 1. The Morgan fingerprint density at radius 2 is 1.62 bits per heavy atom. The van der Waals surface area contributed by atoms with Crippen molar-refractivity contribution in [1.82, 2.24) is 20.9 Å². The molecule has 5 amide bonds. The number of likely N-dealkylation sites (tertiary alicyclic amines) is 1. The van der Waals surface area contributed by atoms with Gasteiger partial charge >= 0.3 is 6.03 Å². The van der Waals surface area contributed by atoms with Crippen molar-refractivity contribution in [3.63, 3.8) is 0 Å². The first-order valence-corrected chi connectivity index (χ1v) is 15.1. The number of carbonyl (C=O) groups is 4. The number of carbonyl (C=O) groups excluding carboxylic acids is 4. The van der Waals surface area contributed by atoms with Gasteiger partial charge in [-0.1, -0.05) is 38.5 Å². The molecule has 3 aliphatic rings. The Kier molecular flexibility index (Phi) is 11.2. The number of hydrogen-bond donors (Lipinski definition) is 5. The topological polar surface area (TPSA) is 154 Å². The van der Waals surface area contributed by atoms with E-state index in [1.54, 1.807) is 0 Å². The molecule has 10 nitrogen and oxygen atoms in total. The smallest absolute Gasteiger partial charge is 0.315 e. The van der Waals surface area contributed by atoms with Gasteiger partial charge in [0.25, 0.3) is 0 Å². The fraction of sp³-hybridized carbons (Fsp3) is 0.852. The molecule has 2 saturated carbocycles. The van der Waals surface area contributed by atoms with Gasteiger partial charge < -0.3 is 31.7 Å². The fourth-order valence-corrected chi connectivity index (χ4v) is 6.56. The van der Waals surface area contributed by atoms with Crippen LogP contribution in [-0.2, 0) is 14.4 Å². The van der Waals surface area contributed by atoms with Crippen LogP contribution in [0, 0.1) is 17.8 Å². The second-order valence-electron chi connectivity index (χ2n) is 12.5. The summed E-state index contributed by atoms with van der Waals surface area (Å²) in [5, 5.41) is 19.0. The molecule has 0 radical (unpaired) electrons. The lowest BCUT2D eigenvalue weighted by molar-refractivity contribution is -0.143. The molecule has 2 aliphatic carbocycles. The molecule has 3 rings (SSSR count). The Bertz CT molecular complexity index is 888. The third kappa shape index (κ3) is 8.60. The van der Waals surface area contributed by atoms with E-state index in [2.05, 4.69) is 16.0 Å². The maximum Gasteiger partial charge on any atom is 0.315 e. The summed E-state index contributed by atoms with van der Waals surface area (Å²) in [6, 6.07) is -3.15. The first-order chi connectivity index (χ1) is 18.3. The van der Waals surface area contributed by atoms with E-state index in [1.807, 2.05) is 20.8 Å². The molecular formula is C27H45Cl2N5O5. The van der Waals surface area contributed by atoms with Gasteiger partial charge in [0.1, 0.15) is 16.9 Å². The van der Waals surface area contributed by atoms with Crippen molar-refractivity contribution in [2.24, 2.45) is 23.5 Å². The lowest BCUT2D eigenvalue weighted by Crippen LogP contribution is -2.61. The molecule has 0 aromatic heterocycles. The van der Waals surface area contributed by atoms with Gasteiger partial charge in [0.2, 0.25) is 17.7 Å². The Balaban J connectivity index is 1.84. The summed E-state index contributed by atoms with van der Waals surface area (Å²) in [5.74, 6) is -2.16. The fourth-order valence-electron chi connectivity index (χ4n) is 6.03. The van der Waals surface area contributed by atoms with Crippen LogP contribution in [0.4, 0.5) is 4.79 Å². The van der Waals surface area contributed by atoms with Crippen molar-refractivity contribution in [3.8, 4) is 0 Å². The molecular weight excluding hydrogens is 545 g/mol. The average molecular weight is 591 g/mol. The Labute approximate surface area is 241 Å². The van der Waals surface area contributed by atoms with Crippen LogP contribution in [0.25, 0.3) is 0 Å². The minimum absolute atomic E-state index is 0.0643. The zero-order valence-electron chi connectivity index (χ0n) is 23.3. The van der Waals surface area contributed by atoms with Gasteiger partial charge in [0.05, 0.1) is 6.04 Å². The van der Waals surface area contributed by atoms with Crippen LogP contribution in [0.3, 0.4) is 0 Å². The third-order valence-electron chi connectivity index (χ3n) is 8.29. The van der Waals surface area contributed by atoms with Gasteiger partial charge in [-0.2, -0.15) is 0 Å². The highest BCUT2D eigenvalue weighted by Gasteiger charge is 2.48. The van der Waals surface area contributed by atoms with E-state index in [1.165, 1.54) is 4.90 Å². The molecule has 1 heterocycles. The maximum atomic E-state index is 14.1. The molecule has 3 unspecified atom stereocenters. The summed E-state index contributed by atoms with van der Waals surface area (Å²) >= 11 is 12.6. The molecule has 1 saturated heterocycles. The molecule has 3 fully saturated rings. The van der Waals surface area contributed by atoms with E-state index in [-0.39, 0.29) is 24.3 Å². The summed E-state index contributed by atoms with van der Waals surface area (Å²) in [6.45, 7) is 5.82. The Morgan fingerprint density at radius 3 is 2.13 bits per heavy atom. The van der Waals surface area contributed by atoms with Gasteiger partial charge in [-0.3, -0.25) is 14.4 Å². The monoisotopic (exact) mass is 589 g/mol. The molecule has 0 bridgehead atoms. The maximum absolute atomic E-state index is 14.1. The van der Waals surface area contributed by atoms with Crippen LogP contribution >= 0.6 is 23.2 Å². The highest BCUT2D eigenvalue weighted by atomic mass is 35.5. The molecule has 0 aromatic rings. The molecule has 39 heavy (non-hydrogen) atoms. The normalized spacial score (nSPS) is 24.9. The van der Waals surface area contributed by atoms with E-state index >= 15 is 0 Å². The molecule has 1 aliphatic heterocycles. The van der Waals surface area contributed by atoms with Gasteiger partial charge in [-0.15, -0.1) is 23.2 Å². The summed E-state index contributed by atoms with van der Waals surface area (Å²) in [6.07, 6.45) is 6.80. The molecule has 0 spiro atoms. The molecule has 6 N–H and O–H groups in total. The number of nitrogens with one attached hydrogen (secondary N) is 3. The lowest BCUT2D eigenvalue weighted by Gasteiger charge is -2.37. The first-order valence-electron chi connectivity index (χ1n) is 14.2. The van der Waals surface area contributed by atoms with Crippen LogP contribution < -0.4 is 21.7 Å². The number of rotatable bonds is 10. The van der Waals surface area contributed by atoms with Crippen LogP contribution in [0.15, 0.2) is 0 Å². The number of amides is 5. The van der Waals surface area contributed by atoms with Crippen LogP contribution in [0.1, 0.15) is 85.0 Å². The predicted molar refractivity (Wildman–Crippen MR) is 150 cm³/mol. The molecule has 12 heteroatoms. The zero-order chi connectivity index (χ0) is 28.9. The van der Waals surface area contributed by atoms with E-state index in [4.69, 9.17) is 28.9 Å². The average Bonchev–Trinajstić information content (AvgIpc) is 3.28. The number of aliphatic hydroxyl groups is 1. The highest BCUT2D eigenvalue weighted by Crippen LogP contribution is 2.36. The van der Waals surface area contributed by atoms with Crippen molar-refractivity contribution >= 4 is 47.0 Å². The lowest BCUT2D eigenvalue weighted by atomic mass is 9.79. The van der Waals surface area contributed by atoms with E-state index in [9.17, 15) is 24.3 Å². The quantitative estimate of drug-likeness (QED) is 0.248. The Morgan fingerprint density at radius 1 is 0.974 bits per heavy atom. The summed E-state index contributed by atoms with van der Waals surface area (Å²) < 4.78 is 0. The summed E-state index contributed by atoms with van der Waals surface area (Å²) in [4.78, 5) is 53.0. The second-order valence-corrected chi connectivity index (χ2v) is 13.6. The first kappa shape index (κ1) is 31.7. The Hall–Kier alpha value is -1.78. The van der Waals surface area contributed by atoms with E-state index in [0.29, 0.717) is 12.8 Å². The molecule has 222 valence electrons. The van der Waals surface area contributed by atoms with Gasteiger partial charge in [-0.05, 0) is 58.3 Å². The minimum atomic E-state index is -1.56.